The lowest BCUT2D eigenvalue weighted by molar-refractivity contribution is 0.0514. The molecule has 1 aliphatic heterocycles. The number of hydrogen-bond acceptors (Lipinski definition) is 3. The lowest BCUT2D eigenvalue weighted by Gasteiger charge is -2.40. The van der Waals surface area contributed by atoms with E-state index >= 15 is 0 Å². The SMILES string of the molecule is Cc1cc(C(=O)N2CC(n3c(C(C)C)nc4ccccc43)C2)nn1C. The van der Waals surface area contributed by atoms with Gasteiger partial charge in [-0.15, -0.1) is 0 Å². The average molecular weight is 337 g/mol. The van der Waals surface area contributed by atoms with E-state index in [0.717, 1.165) is 22.6 Å². The van der Waals surface area contributed by atoms with Gasteiger partial charge < -0.3 is 9.47 Å². The number of benzene rings is 1. The van der Waals surface area contributed by atoms with E-state index < -0.39 is 0 Å². The van der Waals surface area contributed by atoms with Crippen LogP contribution in [0.4, 0.5) is 0 Å². The molecule has 1 amide bonds. The summed E-state index contributed by atoms with van der Waals surface area (Å²) in [7, 11) is 1.86. The summed E-state index contributed by atoms with van der Waals surface area (Å²) in [5, 5.41) is 4.30. The average Bonchev–Trinajstić information content (AvgIpc) is 3.07. The van der Waals surface area contributed by atoms with Gasteiger partial charge in [-0.25, -0.2) is 4.98 Å². The number of aromatic nitrogens is 4. The molecule has 0 N–H and O–H groups in total. The maximum Gasteiger partial charge on any atom is 0.274 e. The van der Waals surface area contributed by atoms with Crippen LogP contribution in [0.3, 0.4) is 0 Å². The molecule has 0 unspecified atom stereocenters. The van der Waals surface area contributed by atoms with Crippen LogP contribution < -0.4 is 0 Å². The van der Waals surface area contributed by atoms with Crippen molar-refractivity contribution in [3.63, 3.8) is 0 Å². The van der Waals surface area contributed by atoms with Crippen molar-refractivity contribution < 1.29 is 4.79 Å². The number of nitrogens with zero attached hydrogens (tertiary/aromatic N) is 5. The lowest BCUT2D eigenvalue weighted by atomic mass is 10.1. The summed E-state index contributed by atoms with van der Waals surface area (Å²) in [5.74, 6) is 1.44. The number of amides is 1. The molecule has 0 spiro atoms. The zero-order valence-corrected chi connectivity index (χ0v) is 15.1. The molecule has 2 aromatic heterocycles. The summed E-state index contributed by atoms with van der Waals surface area (Å²) in [6.07, 6.45) is 0. The van der Waals surface area contributed by atoms with E-state index in [1.807, 2.05) is 37.1 Å². The fourth-order valence-corrected chi connectivity index (χ4v) is 3.47. The zero-order valence-electron chi connectivity index (χ0n) is 15.1. The first-order valence-electron chi connectivity index (χ1n) is 8.72. The molecule has 1 saturated heterocycles. The van der Waals surface area contributed by atoms with Crippen molar-refractivity contribution in [2.45, 2.75) is 32.7 Å². The maximum atomic E-state index is 12.6. The topological polar surface area (TPSA) is 56.0 Å². The summed E-state index contributed by atoms with van der Waals surface area (Å²) >= 11 is 0. The third-order valence-corrected chi connectivity index (χ3v) is 4.99. The van der Waals surface area contributed by atoms with Gasteiger partial charge in [0.15, 0.2) is 5.69 Å². The highest BCUT2D eigenvalue weighted by Gasteiger charge is 2.35. The Hall–Kier alpha value is -2.63. The molecule has 25 heavy (non-hydrogen) atoms. The van der Waals surface area contributed by atoms with Crippen LogP contribution in [0.2, 0.25) is 0 Å². The molecular formula is C19H23N5O. The number of likely N-dealkylation sites (tertiary alicyclic amines) is 1. The predicted octanol–water partition coefficient (Wildman–Crippen LogP) is 2.90. The first-order chi connectivity index (χ1) is 12.0. The molecule has 130 valence electrons. The van der Waals surface area contributed by atoms with Gasteiger partial charge >= 0.3 is 0 Å². The molecule has 1 aromatic carbocycles. The van der Waals surface area contributed by atoms with Gasteiger partial charge in [-0.3, -0.25) is 9.48 Å². The van der Waals surface area contributed by atoms with E-state index in [9.17, 15) is 4.79 Å². The lowest BCUT2D eigenvalue weighted by Crippen LogP contribution is -2.51. The van der Waals surface area contributed by atoms with Crippen molar-refractivity contribution in [3.8, 4) is 0 Å². The quantitative estimate of drug-likeness (QED) is 0.738. The van der Waals surface area contributed by atoms with Gasteiger partial charge in [0.2, 0.25) is 0 Å². The summed E-state index contributed by atoms with van der Waals surface area (Å²) in [6.45, 7) is 7.68. The molecule has 3 heterocycles. The molecule has 4 rings (SSSR count). The number of rotatable bonds is 3. The van der Waals surface area contributed by atoms with Crippen molar-refractivity contribution in [2.75, 3.05) is 13.1 Å². The highest BCUT2D eigenvalue weighted by molar-refractivity contribution is 5.93. The second-order valence-corrected chi connectivity index (χ2v) is 7.14. The Balaban J connectivity index is 1.59. The zero-order chi connectivity index (χ0) is 17.7. The number of carbonyl (C=O) groups is 1. The van der Waals surface area contributed by atoms with E-state index in [1.165, 1.54) is 0 Å². The van der Waals surface area contributed by atoms with E-state index in [-0.39, 0.29) is 11.9 Å². The minimum absolute atomic E-state index is 0.00969. The molecule has 3 aromatic rings. The number of carbonyl (C=O) groups excluding carboxylic acids is 1. The minimum atomic E-state index is 0.00969. The van der Waals surface area contributed by atoms with Crippen molar-refractivity contribution in [1.82, 2.24) is 24.2 Å². The maximum absolute atomic E-state index is 12.6. The fourth-order valence-electron chi connectivity index (χ4n) is 3.47. The van der Waals surface area contributed by atoms with Crippen molar-refractivity contribution in [2.24, 2.45) is 7.05 Å². The van der Waals surface area contributed by atoms with Crippen LogP contribution in [0.5, 0.6) is 0 Å². The largest absolute Gasteiger partial charge is 0.333 e. The summed E-state index contributed by atoms with van der Waals surface area (Å²) in [6, 6.07) is 10.4. The number of hydrogen-bond donors (Lipinski definition) is 0. The van der Waals surface area contributed by atoms with Gasteiger partial charge in [0.1, 0.15) is 5.82 Å². The highest BCUT2D eigenvalue weighted by atomic mass is 16.2. The van der Waals surface area contributed by atoms with E-state index in [4.69, 9.17) is 4.98 Å². The predicted molar refractivity (Wildman–Crippen MR) is 96.7 cm³/mol. The Morgan fingerprint density at radius 1 is 1.24 bits per heavy atom. The van der Waals surface area contributed by atoms with Crippen molar-refractivity contribution in [3.05, 3.63) is 47.5 Å². The molecular weight excluding hydrogens is 314 g/mol. The molecule has 0 bridgehead atoms. The third-order valence-electron chi connectivity index (χ3n) is 4.99. The number of aryl methyl sites for hydroxylation is 2. The Morgan fingerprint density at radius 2 is 1.96 bits per heavy atom. The van der Waals surface area contributed by atoms with Gasteiger partial charge in [0.25, 0.3) is 5.91 Å². The molecule has 6 heteroatoms. The van der Waals surface area contributed by atoms with Crippen molar-refractivity contribution >= 4 is 16.9 Å². The van der Waals surface area contributed by atoms with Gasteiger partial charge in [-0.2, -0.15) is 5.10 Å². The third kappa shape index (κ3) is 2.52. The Kier molecular flexibility index (Phi) is 3.63. The van der Waals surface area contributed by atoms with Crippen LogP contribution in [-0.4, -0.2) is 43.2 Å². The summed E-state index contributed by atoms with van der Waals surface area (Å²) in [4.78, 5) is 19.3. The molecule has 0 saturated carbocycles. The first kappa shape index (κ1) is 15.9. The van der Waals surface area contributed by atoms with Crippen LogP contribution in [0, 0.1) is 6.92 Å². The van der Waals surface area contributed by atoms with Crippen LogP contribution in [0.25, 0.3) is 11.0 Å². The van der Waals surface area contributed by atoms with Crippen LogP contribution in [0.1, 0.15) is 47.8 Å². The molecule has 0 radical (unpaired) electrons. The Bertz CT molecular complexity index is 927. The van der Waals surface area contributed by atoms with Crippen molar-refractivity contribution in [1.29, 1.82) is 0 Å². The van der Waals surface area contributed by atoms with Crippen LogP contribution >= 0.6 is 0 Å². The summed E-state index contributed by atoms with van der Waals surface area (Å²) < 4.78 is 4.05. The normalized spacial score (nSPS) is 15.2. The monoisotopic (exact) mass is 337 g/mol. The molecule has 6 nitrogen and oxygen atoms in total. The van der Waals surface area contributed by atoms with E-state index in [2.05, 4.69) is 35.6 Å². The van der Waals surface area contributed by atoms with Gasteiger partial charge in [-0.1, -0.05) is 26.0 Å². The second-order valence-electron chi connectivity index (χ2n) is 7.14. The van der Waals surface area contributed by atoms with E-state index in [0.29, 0.717) is 24.7 Å². The Morgan fingerprint density at radius 3 is 2.60 bits per heavy atom. The smallest absolute Gasteiger partial charge is 0.274 e. The molecule has 1 aliphatic rings. The minimum Gasteiger partial charge on any atom is -0.333 e. The number of para-hydroxylation sites is 2. The second kappa shape index (κ2) is 5.72. The standard InChI is InChI=1S/C19H23N5O/c1-12(2)18-20-15-7-5-6-8-17(15)24(18)14-10-23(11-14)19(25)16-9-13(3)22(4)21-16/h5-9,12,14H,10-11H2,1-4H3. The molecule has 0 atom stereocenters. The van der Waals surface area contributed by atoms with Gasteiger partial charge in [-0.05, 0) is 25.1 Å². The molecule has 1 fully saturated rings. The molecule has 0 aliphatic carbocycles. The van der Waals surface area contributed by atoms with Gasteiger partial charge in [0.05, 0.1) is 17.1 Å². The van der Waals surface area contributed by atoms with Gasteiger partial charge in [0, 0.05) is 31.7 Å². The van der Waals surface area contributed by atoms with Crippen LogP contribution in [-0.2, 0) is 7.05 Å². The number of fused-ring (bicyclic) bond motifs is 1. The van der Waals surface area contributed by atoms with Crippen LogP contribution in [0.15, 0.2) is 30.3 Å². The first-order valence-corrected chi connectivity index (χ1v) is 8.72. The number of imidazole rings is 1. The highest BCUT2D eigenvalue weighted by Crippen LogP contribution is 2.31. The summed E-state index contributed by atoms with van der Waals surface area (Å²) in [5.41, 5.74) is 3.69. The van der Waals surface area contributed by atoms with E-state index in [1.54, 1.807) is 4.68 Å². The fraction of sp³-hybridized carbons (Fsp3) is 0.421. The Labute approximate surface area is 147 Å².